The molecule has 0 aliphatic rings. The summed E-state index contributed by atoms with van der Waals surface area (Å²) in [6, 6.07) is 5.39. The number of nitrogens with zero attached hydrogens (tertiary/aromatic N) is 3. The fraction of sp³-hybridized carbons (Fsp3) is 0.214. The van der Waals surface area contributed by atoms with Crippen LogP contribution in [0.2, 0.25) is 0 Å². The molecule has 0 atom stereocenters. The maximum Gasteiger partial charge on any atom is 0.411 e. The number of amides is 1. The Balaban J connectivity index is 1.57. The highest BCUT2D eigenvalue weighted by Gasteiger charge is 2.27. The highest BCUT2D eigenvalue weighted by atomic mass is 32.1. The molecule has 132 valence electrons. The number of aromatic amines is 1. The Morgan fingerprint density at radius 3 is 3.00 bits per heavy atom. The van der Waals surface area contributed by atoms with E-state index in [-0.39, 0.29) is 12.4 Å². The first-order chi connectivity index (χ1) is 11.9. The van der Waals surface area contributed by atoms with Gasteiger partial charge in [-0.1, -0.05) is 6.07 Å². The lowest BCUT2D eigenvalue weighted by atomic mass is 10.3. The summed E-state index contributed by atoms with van der Waals surface area (Å²) in [5.41, 5.74) is 1.22. The minimum Gasteiger partial charge on any atom is -0.350 e. The van der Waals surface area contributed by atoms with Gasteiger partial charge in [-0.3, -0.25) is 9.89 Å². The number of H-pyrrole nitrogens is 1. The van der Waals surface area contributed by atoms with Crippen molar-refractivity contribution in [1.29, 1.82) is 0 Å². The zero-order valence-corrected chi connectivity index (χ0v) is 13.4. The summed E-state index contributed by atoms with van der Waals surface area (Å²) >= 11 is 1.51. The van der Waals surface area contributed by atoms with Gasteiger partial charge < -0.3 is 10.1 Å². The summed E-state index contributed by atoms with van der Waals surface area (Å²) in [5, 5.41) is 15.0. The van der Waals surface area contributed by atoms with Crippen molar-refractivity contribution < 1.29 is 22.7 Å². The van der Waals surface area contributed by atoms with Crippen LogP contribution in [0.5, 0.6) is 0 Å². The van der Waals surface area contributed by atoms with Crippen molar-refractivity contribution in [2.45, 2.75) is 12.9 Å². The van der Waals surface area contributed by atoms with E-state index in [2.05, 4.69) is 25.3 Å². The molecular formula is C14H12F3N5O2S. The fourth-order valence-corrected chi connectivity index (χ4v) is 2.64. The molecule has 0 aromatic carbocycles. The molecule has 7 nitrogen and oxygen atoms in total. The highest BCUT2D eigenvalue weighted by molar-refractivity contribution is 7.13. The quantitative estimate of drug-likeness (QED) is 0.697. The maximum atomic E-state index is 12.1. The second kappa shape index (κ2) is 7.07. The normalized spacial score (nSPS) is 11.6. The van der Waals surface area contributed by atoms with E-state index in [4.69, 9.17) is 0 Å². The molecule has 0 aliphatic carbocycles. The first kappa shape index (κ1) is 17.2. The average molecular weight is 371 g/mol. The Morgan fingerprint density at radius 2 is 2.28 bits per heavy atom. The summed E-state index contributed by atoms with van der Waals surface area (Å²) in [6.07, 6.45) is -1.73. The summed E-state index contributed by atoms with van der Waals surface area (Å²) in [4.78, 5) is 13.1. The molecule has 0 radical (unpaired) electrons. The molecule has 3 heterocycles. The first-order valence-electron chi connectivity index (χ1n) is 6.98. The summed E-state index contributed by atoms with van der Waals surface area (Å²) in [7, 11) is 0. The van der Waals surface area contributed by atoms with Crippen LogP contribution in [-0.2, 0) is 11.5 Å². The number of hydrogen-bond donors (Lipinski definition) is 2. The van der Waals surface area contributed by atoms with Crippen LogP contribution in [0.3, 0.4) is 0 Å². The number of thiophene rings is 1. The third-order valence-electron chi connectivity index (χ3n) is 2.98. The Morgan fingerprint density at radius 1 is 1.44 bits per heavy atom. The highest BCUT2D eigenvalue weighted by Crippen LogP contribution is 2.23. The van der Waals surface area contributed by atoms with Gasteiger partial charge in [0.1, 0.15) is 13.3 Å². The molecule has 1 amide bonds. The Labute approximate surface area is 143 Å². The van der Waals surface area contributed by atoms with Gasteiger partial charge in [0, 0.05) is 0 Å². The van der Waals surface area contributed by atoms with E-state index in [1.165, 1.54) is 23.7 Å². The van der Waals surface area contributed by atoms with Crippen LogP contribution in [0.1, 0.15) is 10.5 Å². The van der Waals surface area contributed by atoms with E-state index in [0.717, 1.165) is 15.3 Å². The summed E-state index contributed by atoms with van der Waals surface area (Å²) < 4.78 is 41.6. The van der Waals surface area contributed by atoms with Gasteiger partial charge in [0.15, 0.2) is 5.69 Å². The van der Waals surface area contributed by atoms with Crippen molar-refractivity contribution in [3.8, 4) is 10.6 Å². The number of hydrogen-bond acceptors (Lipinski definition) is 5. The van der Waals surface area contributed by atoms with E-state index in [1.54, 1.807) is 6.07 Å². The molecule has 25 heavy (non-hydrogen) atoms. The molecule has 0 saturated carbocycles. The molecule has 0 spiro atoms. The third-order valence-corrected chi connectivity index (χ3v) is 3.88. The van der Waals surface area contributed by atoms with Crippen LogP contribution < -0.4 is 5.32 Å². The topological polar surface area (TPSA) is 84.8 Å². The smallest absolute Gasteiger partial charge is 0.350 e. The van der Waals surface area contributed by atoms with Gasteiger partial charge in [0.05, 0.1) is 28.7 Å². The van der Waals surface area contributed by atoms with E-state index < -0.39 is 18.7 Å². The molecule has 0 saturated heterocycles. The van der Waals surface area contributed by atoms with Gasteiger partial charge in [-0.2, -0.15) is 23.4 Å². The van der Waals surface area contributed by atoms with Crippen LogP contribution in [0, 0.1) is 0 Å². The van der Waals surface area contributed by atoms with Crippen LogP contribution in [0.15, 0.2) is 36.0 Å². The lowest BCUT2D eigenvalue weighted by molar-refractivity contribution is -0.182. The van der Waals surface area contributed by atoms with Gasteiger partial charge in [-0.15, -0.1) is 11.3 Å². The number of carbonyl (C=O) groups excluding carboxylic acids is 1. The van der Waals surface area contributed by atoms with E-state index >= 15 is 0 Å². The van der Waals surface area contributed by atoms with Crippen molar-refractivity contribution in [3.05, 3.63) is 41.7 Å². The minimum atomic E-state index is -4.40. The summed E-state index contributed by atoms with van der Waals surface area (Å²) in [5.74, 6) is -0.463. The standard InChI is InChI=1S/C14H12F3N5O2S/c15-14(16,17)7-24-8-22-6-9(5-18-22)19-13(23)11-4-10(20-21-11)12-2-1-3-25-12/h1-6H,7-8H2,(H,19,23)(H,20,21). The molecule has 0 fully saturated rings. The first-order valence-corrected chi connectivity index (χ1v) is 7.86. The Kier molecular flexibility index (Phi) is 4.86. The van der Waals surface area contributed by atoms with Crippen LogP contribution >= 0.6 is 11.3 Å². The Hall–Kier alpha value is -2.66. The van der Waals surface area contributed by atoms with Crippen LogP contribution in [0.25, 0.3) is 10.6 Å². The Bertz CT molecular complexity index is 841. The number of halogens is 3. The molecule has 3 rings (SSSR count). The number of rotatable bonds is 6. The number of nitrogens with one attached hydrogen (secondary N) is 2. The number of ether oxygens (including phenoxy) is 1. The SMILES string of the molecule is O=C(Nc1cnn(COCC(F)(F)F)c1)c1cc(-c2cccs2)[nH]n1. The lowest BCUT2D eigenvalue weighted by Gasteiger charge is -2.07. The predicted octanol–water partition coefficient (Wildman–Crippen LogP) is 3.12. The fourth-order valence-electron chi connectivity index (χ4n) is 1.94. The van der Waals surface area contributed by atoms with Crippen LogP contribution in [0.4, 0.5) is 18.9 Å². The monoisotopic (exact) mass is 371 g/mol. The van der Waals surface area contributed by atoms with Crippen molar-refractivity contribution in [2.24, 2.45) is 0 Å². The van der Waals surface area contributed by atoms with Gasteiger partial charge in [-0.05, 0) is 17.5 Å². The molecular weight excluding hydrogens is 359 g/mol. The minimum absolute atomic E-state index is 0.185. The number of anilines is 1. The zero-order chi connectivity index (χ0) is 17.9. The second-order valence-corrected chi connectivity index (χ2v) is 5.91. The number of carbonyl (C=O) groups is 1. The largest absolute Gasteiger partial charge is 0.411 e. The maximum absolute atomic E-state index is 12.1. The molecule has 11 heteroatoms. The average Bonchev–Trinajstić information content (AvgIpc) is 3.27. The molecule has 3 aromatic rings. The summed E-state index contributed by atoms with van der Waals surface area (Å²) in [6.45, 7) is -1.74. The third kappa shape index (κ3) is 4.67. The van der Waals surface area contributed by atoms with Gasteiger partial charge >= 0.3 is 6.18 Å². The molecule has 3 aromatic heterocycles. The van der Waals surface area contributed by atoms with Gasteiger partial charge in [-0.25, -0.2) is 4.68 Å². The molecule has 2 N–H and O–H groups in total. The van der Waals surface area contributed by atoms with E-state index in [9.17, 15) is 18.0 Å². The second-order valence-electron chi connectivity index (χ2n) is 4.96. The van der Waals surface area contributed by atoms with Gasteiger partial charge in [0.25, 0.3) is 5.91 Å². The van der Waals surface area contributed by atoms with Gasteiger partial charge in [0.2, 0.25) is 0 Å². The lowest BCUT2D eigenvalue weighted by Crippen LogP contribution is -2.18. The molecule has 0 aliphatic heterocycles. The van der Waals surface area contributed by atoms with E-state index in [0.29, 0.717) is 5.69 Å². The number of alkyl halides is 3. The van der Waals surface area contributed by atoms with Crippen LogP contribution in [-0.4, -0.2) is 38.7 Å². The predicted molar refractivity (Wildman–Crippen MR) is 84.1 cm³/mol. The van der Waals surface area contributed by atoms with Crippen molar-refractivity contribution in [3.63, 3.8) is 0 Å². The van der Waals surface area contributed by atoms with Crippen molar-refractivity contribution in [1.82, 2.24) is 20.0 Å². The zero-order valence-electron chi connectivity index (χ0n) is 12.6. The number of aromatic nitrogens is 4. The van der Waals surface area contributed by atoms with Crippen molar-refractivity contribution >= 4 is 22.9 Å². The molecule has 0 unspecified atom stereocenters. The molecule has 0 bridgehead atoms. The van der Waals surface area contributed by atoms with E-state index in [1.807, 2.05) is 17.5 Å². The van der Waals surface area contributed by atoms with Crippen molar-refractivity contribution in [2.75, 3.05) is 11.9 Å².